The molecule has 0 fully saturated rings. The zero-order valence-corrected chi connectivity index (χ0v) is 12.2. The highest BCUT2D eigenvalue weighted by molar-refractivity contribution is 6.13. The predicted octanol–water partition coefficient (Wildman–Crippen LogP) is 2.35. The summed E-state index contributed by atoms with van der Waals surface area (Å²) in [5.41, 5.74) is 3.73. The first-order valence-electron chi connectivity index (χ1n) is 6.80. The van der Waals surface area contributed by atoms with Crippen LogP contribution in [0.2, 0.25) is 0 Å². The fraction of sp³-hybridized carbons (Fsp3) is 0.250. The largest absolute Gasteiger partial charge is 0.324 e. The van der Waals surface area contributed by atoms with Crippen LogP contribution in [0.4, 0.5) is 0 Å². The van der Waals surface area contributed by atoms with Gasteiger partial charge >= 0.3 is 0 Å². The van der Waals surface area contributed by atoms with Crippen LogP contribution in [0.3, 0.4) is 0 Å². The third-order valence-corrected chi connectivity index (χ3v) is 4.08. The first-order valence-corrected chi connectivity index (χ1v) is 7.14. The summed E-state index contributed by atoms with van der Waals surface area (Å²) in [4.78, 5) is 15.0. The number of hydrogen-bond acceptors (Lipinski definition) is 3. The maximum atomic E-state index is 12.1. The first-order chi connectivity index (χ1) is 10.2. The lowest BCUT2D eigenvalue weighted by atomic mass is 9.93. The molecule has 0 saturated carbocycles. The number of halogens is 1. The highest BCUT2D eigenvalue weighted by atomic mass is 35.5. The molecule has 5 heteroatoms. The summed E-state index contributed by atoms with van der Waals surface area (Å²) >= 11 is 6.11. The second-order valence-corrected chi connectivity index (χ2v) is 5.61. The van der Waals surface area contributed by atoms with Crippen LogP contribution in [0.25, 0.3) is 0 Å². The van der Waals surface area contributed by atoms with Crippen molar-refractivity contribution in [2.45, 2.75) is 19.4 Å². The summed E-state index contributed by atoms with van der Waals surface area (Å²) in [5.74, 6) is 0. The number of pyridine rings is 1. The molecule has 0 radical (unpaired) electrons. The number of aromatic amines is 1. The van der Waals surface area contributed by atoms with Crippen molar-refractivity contribution in [1.29, 1.82) is 5.26 Å². The average molecular weight is 300 g/mol. The lowest BCUT2D eigenvalue weighted by Crippen LogP contribution is -2.29. The number of rotatable bonds is 2. The van der Waals surface area contributed by atoms with E-state index in [2.05, 4.69) is 4.98 Å². The van der Waals surface area contributed by atoms with Crippen LogP contribution < -0.4 is 5.56 Å². The van der Waals surface area contributed by atoms with Gasteiger partial charge in [0.25, 0.3) is 5.56 Å². The fourth-order valence-electron chi connectivity index (χ4n) is 2.76. The van der Waals surface area contributed by atoms with E-state index in [-0.39, 0.29) is 11.1 Å². The maximum Gasteiger partial charge on any atom is 0.266 e. The van der Waals surface area contributed by atoms with Crippen LogP contribution in [0.1, 0.15) is 27.9 Å². The number of aromatic nitrogens is 1. The van der Waals surface area contributed by atoms with Gasteiger partial charge in [0.2, 0.25) is 0 Å². The van der Waals surface area contributed by atoms with Crippen LogP contribution in [0.5, 0.6) is 0 Å². The van der Waals surface area contributed by atoms with Gasteiger partial charge < -0.3 is 4.98 Å². The molecule has 0 aliphatic carbocycles. The molecule has 0 unspecified atom stereocenters. The molecule has 0 atom stereocenters. The first kappa shape index (κ1) is 13.9. The van der Waals surface area contributed by atoms with Crippen LogP contribution in [0, 0.1) is 11.3 Å². The molecule has 4 nitrogen and oxygen atoms in total. The van der Waals surface area contributed by atoms with Crippen molar-refractivity contribution in [3.8, 4) is 6.07 Å². The molecule has 1 N–H and O–H groups in total. The van der Waals surface area contributed by atoms with Crippen molar-refractivity contribution in [3.05, 3.63) is 68.6 Å². The molecule has 3 rings (SSSR count). The Balaban J connectivity index is 2.11. The van der Waals surface area contributed by atoms with E-state index in [1.807, 2.05) is 36.4 Å². The Kier molecular flexibility index (Phi) is 3.78. The Bertz CT molecular complexity index is 762. The van der Waals surface area contributed by atoms with Gasteiger partial charge in [-0.3, -0.25) is 4.79 Å². The number of nitrogens with one attached hydrogen (secondary N) is 1. The standard InChI is InChI=1S/C16H14ClN3O/c17-20-7-6-12-13(9-18)16(21)19-15(14(12)10-20)8-11-4-2-1-3-5-11/h1-5H,6-8,10H2,(H,19,21). The third kappa shape index (κ3) is 2.71. The van der Waals surface area contributed by atoms with Crippen molar-refractivity contribution >= 4 is 11.8 Å². The highest BCUT2D eigenvalue weighted by Crippen LogP contribution is 2.25. The highest BCUT2D eigenvalue weighted by Gasteiger charge is 2.23. The Morgan fingerprint density at radius 3 is 2.76 bits per heavy atom. The quantitative estimate of drug-likeness (QED) is 0.866. The van der Waals surface area contributed by atoms with Crippen molar-refractivity contribution in [1.82, 2.24) is 9.40 Å². The molecule has 21 heavy (non-hydrogen) atoms. The molecule has 2 heterocycles. The summed E-state index contributed by atoms with van der Waals surface area (Å²) < 4.78 is 1.69. The molecule has 1 aromatic heterocycles. The molecule has 0 spiro atoms. The number of H-pyrrole nitrogens is 1. The molecule has 0 saturated heterocycles. The van der Waals surface area contributed by atoms with Gasteiger partial charge in [0, 0.05) is 25.2 Å². The zero-order valence-electron chi connectivity index (χ0n) is 11.4. The Labute approximate surface area is 127 Å². The fourth-order valence-corrected chi connectivity index (χ4v) is 2.97. The van der Waals surface area contributed by atoms with Crippen LogP contribution >= 0.6 is 11.8 Å². The van der Waals surface area contributed by atoms with Crippen molar-refractivity contribution in [2.24, 2.45) is 0 Å². The van der Waals surface area contributed by atoms with E-state index < -0.39 is 0 Å². The lowest BCUT2D eigenvalue weighted by Gasteiger charge is -2.25. The second kappa shape index (κ2) is 5.72. The summed E-state index contributed by atoms with van der Waals surface area (Å²) in [6.45, 7) is 1.20. The normalized spacial score (nSPS) is 14.5. The smallest absolute Gasteiger partial charge is 0.266 e. The molecule has 106 valence electrons. The van der Waals surface area contributed by atoms with E-state index in [1.165, 1.54) is 0 Å². The molecule has 2 aromatic rings. The summed E-state index contributed by atoms with van der Waals surface area (Å²) in [5, 5.41) is 9.20. The predicted molar refractivity (Wildman–Crippen MR) is 81.0 cm³/mol. The summed E-state index contributed by atoms with van der Waals surface area (Å²) in [7, 11) is 0. The molecule has 0 amide bonds. The van der Waals surface area contributed by atoms with Crippen LogP contribution in [-0.2, 0) is 19.4 Å². The number of nitrogens with zero attached hydrogens (tertiary/aromatic N) is 2. The lowest BCUT2D eigenvalue weighted by molar-refractivity contribution is 0.424. The third-order valence-electron chi connectivity index (χ3n) is 3.79. The Morgan fingerprint density at radius 2 is 2.05 bits per heavy atom. The summed E-state index contributed by atoms with van der Waals surface area (Å²) in [6, 6.07) is 12.0. The molecule has 0 bridgehead atoms. The van der Waals surface area contributed by atoms with Gasteiger partial charge in [0.1, 0.15) is 11.6 Å². The topological polar surface area (TPSA) is 59.9 Å². The molecule has 1 aromatic carbocycles. The molecular formula is C16H14ClN3O. The Morgan fingerprint density at radius 1 is 1.29 bits per heavy atom. The van der Waals surface area contributed by atoms with Gasteiger partial charge in [-0.25, -0.2) is 4.42 Å². The molecule has 1 aliphatic rings. The van der Waals surface area contributed by atoms with E-state index in [1.54, 1.807) is 4.42 Å². The molecular weight excluding hydrogens is 286 g/mol. The van der Waals surface area contributed by atoms with Crippen molar-refractivity contribution < 1.29 is 0 Å². The number of fused-ring (bicyclic) bond motifs is 1. The number of benzene rings is 1. The van der Waals surface area contributed by atoms with E-state index in [0.29, 0.717) is 25.9 Å². The maximum absolute atomic E-state index is 12.1. The van der Waals surface area contributed by atoms with E-state index in [9.17, 15) is 10.1 Å². The minimum absolute atomic E-state index is 0.228. The molecule has 1 aliphatic heterocycles. The van der Waals surface area contributed by atoms with Gasteiger partial charge in [-0.1, -0.05) is 30.3 Å². The second-order valence-electron chi connectivity index (χ2n) is 5.13. The monoisotopic (exact) mass is 299 g/mol. The van der Waals surface area contributed by atoms with Gasteiger partial charge in [-0.15, -0.1) is 0 Å². The van der Waals surface area contributed by atoms with Crippen LogP contribution in [0.15, 0.2) is 35.1 Å². The number of hydrogen-bond donors (Lipinski definition) is 1. The van der Waals surface area contributed by atoms with E-state index in [0.717, 1.165) is 22.4 Å². The Hall–Kier alpha value is -2.09. The zero-order chi connectivity index (χ0) is 14.8. The average Bonchev–Trinajstić information content (AvgIpc) is 2.49. The van der Waals surface area contributed by atoms with Crippen molar-refractivity contribution in [3.63, 3.8) is 0 Å². The minimum Gasteiger partial charge on any atom is -0.324 e. The SMILES string of the molecule is N#Cc1c2c(c(Cc3ccccc3)[nH]c1=O)CN(Cl)CC2. The van der Waals surface area contributed by atoms with Crippen LogP contribution in [-0.4, -0.2) is 15.9 Å². The van der Waals surface area contributed by atoms with E-state index >= 15 is 0 Å². The van der Waals surface area contributed by atoms with Gasteiger partial charge in [0.15, 0.2) is 0 Å². The van der Waals surface area contributed by atoms with Gasteiger partial charge in [-0.2, -0.15) is 5.26 Å². The van der Waals surface area contributed by atoms with Gasteiger partial charge in [-0.05, 0) is 34.9 Å². The number of nitriles is 1. The van der Waals surface area contributed by atoms with Gasteiger partial charge in [0.05, 0.1) is 0 Å². The minimum atomic E-state index is -0.301. The van der Waals surface area contributed by atoms with E-state index in [4.69, 9.17) is 11.8 Å². The van der Waals surface area contributed by atoms with Crippen molar-refractivity contribution in [2.75, 3.05) is 6.54 Å². The summed E-state index contributed by atoms with van der Waals surface area (Å²) in [6.07, 6.45) is 1.27.